The number of halogens is 2. The van der Waals surface area contributed by atoms with Crippen molar-refractivity contribution in [1.29, 1.82) is 0 Å². The summed E-state index contributed by atoms with van der Waals surface area (Å²) in [6.45, 7) is 4.40. The number of methoxy groups -OCH3 is 2. The number of terminal acetylenes is 3. The van der Waals surface area contributed by atoms with Crippen LogP contribution in [-0.2, 0) is 54.6 Å². The van der Waals surface area contributed by atoms with E-state index < -0.39 is 12.2 Å². The zero-order valence-electron chi connectivity index (χ0n) is 35.8. The average Bonchev–Trinajstić information content (AvgIpc) is 3.30. The van der Waals surface area contributed by atoms with Crippen molar-refractivity contribution in [2.45, 2.75) is 45.2 Å². The molecule has 2 amide bonds. The molecule has 0 aromatic heterocycles. The second-order valence-electron chi connectivity index (χ2n) is 13.3. The van der Waals surface area contributed by atoms with Gasteiger partial charge in [0.1, 0.15) is 19.8 Å². The van der Waals surface area contributed by atoms with Gasteiger partial charge in [-0.25, -0.2) is 0 Å². The summed E-state index contributed by atoms with van der Waals surface area (Å²) in [6, 6.07) is 25.8. The Labute approximate surface area is 381 Å². The smallest absolute Gasteiger partial charge is 0.251 e. The molecule has 4 aromatic rings. The van der Waals surface area contributed by atoms with Gasteiger partial charge >= 0.3 is 0 Å². The van der Waals surface area contributed by atoms with Crippen molar-refractivity contribution in [3.8, 4) is 60.0 Å². The highest BCUT2D eigenvalue weighted by molar-refractivity contribution is 6.30. The number of nitrogens with one attached hydrogen (secondary N) is 2. The maximum atomic E-state index is 12.6. The average molecular weight is 902 g/mol. The fourth-order valence-electron chi connectivity index (χ4n) is 5.58. The molecule has 0 aliphatic rings. The lowest BCUT2D eigenvalue weighted by Gasteiger charge is -2.17. The van der Waals surface area contributed by atoms with E-state index in [2.05, 4.69) is 28.4 Å². The Morgan fingerprint density at radius 2 is 0.968 bits per heavy atom. The lowest BCUT2D eigenvalue weighted by Crippen LogP contribution is -2.40. The van der Waals surface area contributed by atoms with E-state index in [1.54, 1.807) is 50.6 Å². The SMILES string of the molecule is C#CCOc1ccc(CCNC(=O)[C@@H](COCc2ccc(Cl)cc2)OCC#C)cc1OC.C#CCOc1ccc(CCNC(=O)[C@@H](COCc2ccc(Cl)cc2)OCC)cc1OC. The van der Waals surface area contributed by atoms with Crippen LogP contribution in [0.3, 0.4) is 0 Å². The quantitative estimate of drug-likeness (QED) is 0.0643. The van der Waals surface area contributed by atoms with E-state index >= 15 is 0 Å². The molecule has 0 fully saturated rings. The molecule has 14 heteroatoms. The highest BCUT2D eigenvalue weighted by Crippen LogP contribution is 2.29. The van der Waals surface area contributed by atoms with Crippen LogP contribution >= 0.6 is 23.2 Å². The first kappa shape index (κ1) is 51.5. The molecule has 2 N–H and O–H groups in total. The molecule has 0 unspecified atom stereocenters. The number of ether oxygens (including phenoxy) is 8. The molecule has 4 aromatic carbocycles. The van der Waals surface area contributed by atoms with Crippen LogP contribution < -0.4 is 29.6 Å². The molecule has 0 radical (unpaired) electrons. The third kappa shape index (κ3) is 19.8. The zero-order valence-corrected chi connectivity index (χ0v) is 37.3. The van der Waals surface area contributed by atoms with Gasteiger partial charge in [0.05, 0.1) is 40.6 Å². The summed E-state index contributed by atoms with van der Waals surface area (Å²) in [5.74, 6) is 9.04. The zero-order chi connectivity index (χ0) is 45.7. The maximum absolute atomic E-state index is 12.6. The largest absolute Gasteiger partial charge is 0.493 e. The van der Waals surface area contributed by atoms with Gasteiger partial charge in [-0.05, 0) is 90.6 Å². The van der Waals surface area contributed by atoms with E-state index in [1.165, 1.54) is 0 Å². The van der Waals surface area contributed by atoms with Crippen LogP contribution in [0.1, 0.15) is 29.2 Å². The maximum Gasteiger partial charge on any atom is 0.251 e. The first-order valence-electron chi connectivity index (χ1n) is 20.0. The fraction of sp³-hybridized carbons (Fsp3) is 0.347. The van der Waals surface area contributed by atoms with Gasteiger partial charge in [0.25, 0.3) is 11.8 Å². The number of carbonyl (C=O) groups is 2. The summed E-state index contributed by atoms with van der Waals surface area (Å²) < 4.78 is 43.9. The Morgan fingerprint density at radius 3 is 1.35 bits per heavy atom. The van der Waals surface area contributed by atoms with Crippen molar-refractivity contribution in [2.75, 3.05) is 67.0 Å². The molecule has 2 atom stereocenters. The molecular weight excluding hydrogens is 847 g/mol. The second-order valence-corrected chi connectivity index (χ2v) is 14.1. The topological polar surface area (TPSA) is 132 Å². The predicted molar refractivity (Wildman–Crippen MR) is 244 cm³/mol. The fourth-order valence-corrected chi connectivity index (χ4v) is 5.83. The van der Waals surface area contributed by atoms with Crippen molar-refractivity contribution >= 4 is 35.0 Å². The number of hydrogen-bond donors (Lipinski definition) is 2. The van der Waals surface area contributed by atoms with Gasteiger partial charge in [-0.15, -0.1) is 19.3 Å². The van der Waals surface area contributed by atoms with Crippen LogP contribution in [0.5, 0.6) is 23.0 Å². The minimum Gasteiger partial charge on any atom is -0.493 e. The molecule has 4 rings (SSSR count). The molecule has 0 spiro atoms. The van der Waals surface area contributed by atoms with Gasteiger partial charge in [-0.1, -0.05) is 77.4 Å². The van der Waals surface area contributed by atoms with Gasteiger partial charge in [0, 0.05) is 29.7 Å². The minimum atomic E-state index is -0.813. The van der Waals surface area contributed by atoms with E-state index in [0.29, 0.717) is 78.8 Å². The summed E-state index contributed by atoms with van der Waals surface area (Å²) in [6.07, 6.45) is 15.4. The Bertz CT molecular complexity index is 2110. The van der Waals surface area contributed by atoms with E-state index in [-0.39, 0.29) is 44.8 Å². The molecular formula is C49H54Cl2N2O10. The predicted octanol–water partition coefficient (Wildman–Crippen LogP) is 6.90. The van der Waals surface area contributed by atoms with Gasteiger partial charge in [-0.2, -0.15) is 0 Å². The van der Waals surface area contributed by atoms with E-state index in [1.807, 2.05) is 55.5 Å². The van der Waals surface area contributed by atoms with Crippen LogP contribution in [0.4, 0.5) is 0 Å². The first-order chi connectivity index (χ1) is 30.6. The molecule has 0 aliphatic heterocycles. The van der Waals surface area contributed by atoms with Crippen molar-refractivity contribution in [3.63, 3.8) is 0 Å². The molecule has 63 heavy (non-hydrogen) atoms. The number of carbonyl (C=O) groups excluding carboxylic acids is 2. The Hall–Kier alpha value is -5.88. The standard InChI is InChI=1S/C25H26ClNO5.C24H28ClNO5/c1-4-14-31-22-11-8-19(16-23(22)29-3)12-13-27-25(28)24(32-15-5-2)18-30-17-20-6-9-21(26)10-7-20;1-4-14-31-21-11-8-18(15-22(21)28-3)12-13-26-24(27)23(30-5-2)17-29-16-19-6-9-20(25)10-7-19/h1-2,6-11,16,24H,12-15,17-18H2,3H3,(H,27,28);1,6-11,15,23H,5,12-14,16-17H2,2-3H3,(H,26,27)/t24-;23-/m11/s1. The highest BCUT2D eigenvalue weighted by Gasteiger charge is 2.20. The number of hydrogen-bond acceptors (Lipinski definition) is 10. The molecule has 334 valence electrons. The summed E-state index contributed by atoms with van der Waals surface area (Å²) in [5, 5.41) is 7.07. The Balaban J connectivity index is 0.000000335. The Morgan fingerprint density at radius 1 is 0.571 bits per heavy atom. The molecule has 0 saturated carbocycles. The molecule has 0 saturated heterocycles. The van der Waals surface area contributed by atoms with Crippen molar-refractivity contribution in [2.24, 2.45) is 0 Å². The molecule has 0 heterocycles. The second kappa shape index (κ2) is 30.2. The molecule has 0 bridgehead atoms. The van der Waals surface area contributed by atoms with Gasteiger partial charge in [-0.3, -0.25) is 9.59 Å². The van der Waals surface area contributed by atoms with Crippen LogP contribution in [0.15, 0.2) is 84.9 Å². The van der Waals surface area contributed by atoms with Crippen molar-refractivity contribution in [3.05, 3.63) is 117 Å². The summed E-state index contributed by atoms with van der Waals surface area (Å²) in [4.78, 5) is 25.1. The number of benzene rings is 4. The third-order valence-electron chi connectivity index (χ3n) is 8.73. The summed E-state index contributed by atoms with van der Waals surface area (Å²) >= 11 is 11.8. The van der Waals surface area contributed by atoms with E-state index in [4.69, 9.17) is 80.4 Å². The van der Waals surface area contributed by atoms with Crippen molar-refractivity contribution in [1.82, 2.24) is 10.6 Å². The number of rotatable bonds is 26. The normalized spacial score (nSPS) is 11.3. The van der Waals surface area contributed by atoms with Gasteiger partial charge in [0.15, 0.2) is 35.2 Å². The van der Waals surface area contributed by atoms with Crippen molar-refractivity contribution < 1.29 is 47.5 Å². The van der Waals surface area contributed by atoms with E-state index in [9.17, 15) is 9.59 Å². The summed E-state index contributed by atoms with van der Waals surface area (Å²) in [7, 11) is 3.13. The lowest BCUT2D eigenvalue weighted by molar-refractivity contribution is -0.137. The molecule has 0 aliphatic carbocycles. The monoisotopic (exact) mass is 900 g/mol. The van der Waals surface area contributed by atoms with Crippen LogP contribution in [0.2, 0.25) is 10.0 Å². The van der Waals surface area contributed by atoms with Crippen LogP contribution in [0, 0.1) is 37.0 Å². The first-order valence-corrected chi connectivity index (χ1v) is 20.7. The summed E-state index contributed by atoms with van der Waals surface area (Å²) in [5.41, 5.74) is 3.88. The van der Waals surface area contributed by atoms with E-state index in [0.717, 1.165) is 22.3 Å². The van der Waals surface area contributed by atoms with Crippen LogP contribution in [0.25, 0.3) is 0 Å². The van der Waals surface area contributed by atoms with Crippen LogP contribution in [-0.4, -0.2) is 91.0 Å². The molecule has 12 nitrogen and oxygen atoms in total. The minimum absolute atomic E-state index is 0.0126. The van der Waals surface area contributed by atoms with Gasteiger partial charge < -0.3 is 48.5 Å². The third-order valence-corrected chi connectivity index (χ3v) is 9.23. The lowest BCUT2D eigenvalue weighted by atomic mass is 10.1. The van der Waals surface area contributed by atoms with Gasteiger partial charge in [0.2, 0.25) is 0 Å². The highest BCUT2D eigenvalue weighted by atomic mass is 35.5. The number of amides is 2. The Kier molecular flexibility index (Phi) is 24.7.